The van der Waals surface area contributed by atoms with Crippen LogP contribution in [-0.4, -0.2) is 60.6 Å². The third-order valence-electron chi connectivity index (χ3n) is 5.85. The number of ether oxygens (including phenoxy) is 2. The molecule has 9 nitrogen and oxygen atoms in total. The van der Waals surface area contributed by atoms with E-state index in [9.17, 15) is 9.59 Å². The van der Waals surface area contributed by atoms with Crippen LogP contribution < -0.4 is 15.5 Å². The van der Waals surface area contributed by atoms with E-state index in [-0.39, 0.29) is 18.3 Å². The van der Waals surface area contributed by atoms with Crippen LogP contribution in [0.15, 0.2) is 42.5 Å². The van der Waals surface area contributed by atoms with E-state index in [2.05, 4.69) is 20.5 Å². The summed E-state index contributed by atoms with van der Waals surface area (Å²) in [4.78, 5) is 31.2. The molecule has 0 radical (unpaired) electrons. The van der Waals surface area contributed by atoms with Gasteiger partial charge >= 0.3 is 5.97 Å². The topological polar surface area (TPSA) is 113 Å². The minimum atomic E-state index is -1.03. The van der Waals surface area contributed by atoms with Gasteiger partial charge in [0.25, 0.3) is 5.91 Å². The molecule has 2 fully saturated rings. The standard InChI is InChI=1S/C23H24N4O5S/c28-18(29)14-24-20-19(21(30)25-17-6-5-15-3-1-2-4-16(15)13-17)33-22(26-20)27-9-7-23(8-10-27)31-11-12-32-23/h1-6,13,24H,7-12,14H2,(H,25,30)(H,28,29). The molecule has 0 atom stereocenters. The third kappa shape index (κ3) is 4.63. The van der Waals surface area contributed by atoms with Gasteiger partial charge in [0.15, 0.2) is 16.7 Å². The zero-order chi connectivity index (χ0) is 22.8. The van der Waals surface area contributed by atoms with E-state index >= 15 is 0 Å². The fourth-order valence-electron chi connectivity index (χ4n) is 4.16. The molecule has 0 bridgehead atoms. The van der Waals surface area contributed by atoms with Crippen molar-refractivity contribution in [2.45, 2.75) is 18.6 Å². The quantitative estimate of drug-likeness (QED) is 0.505. The molecular weight excluding hydrogens is 444 g/mol. The largest absolute Gasteiger partial charge is 0.480 e. The Bertz CT molecular complexity index is 1180. The van der Waals surface area contributed by atoms with Gasteiger partial charge in [0.05, 0.1) is 13.2 Å². The van der Waals surface area contributed by atoms with Crippen LogP contribution in [-0.2, 0) is 14.3 Å². The van der Waals surface area contributed by atoms with Crippen LogP contribution in [0.2, 0.25) is 0 Å². The highest BCUT2D eigenvalue weighted by atomic mass is 32.1. The number of aromatic nitrogens is 1. The number of benzene rings is 2. The summed E-state index contributed by atoms with van der Waals surface area (Å²) in [5.74, 6) is -1.60. The summed E-state index contributed by atoms with van der Waals surface area (Å²) in [6, 6.07) is 13.6. The van der Waals surface area contributed by atoms with E-state index in [1.54, 1.807) is 0 Å². The molecule has 2 aliphatic rings. The van der Waals surface area contributed by atoms with Crippen molar-refractivity contribution in [3.05, 3.63) is 47.3 Å². The van der Waals surface area contributed by atoms with Gasteiger partial charge in [-0.05, 0) is 22.9 Å². The number of fused-ring (bicyclic) bond motifs is 1. The van der Waals surface area contributed by atoms with Crippen molar-refractivity contribution in [1.29, 1.82) is 0 Å². The van der Waals surface area contributed by atoms with Gasteiger partial charge in [0, 0.05) is 31.6 Å². The molecular formula is C23H24N4O5S. The summed E-state index contributed by atoms with van der Waals surface area (Å²) in [7, 11) is 0. The number of nitrogens with zero attached hydrogens (tertiary/aromatic N) is 2. The second kappa shape index (κ2) is 8.97. The maximum Gasteiger partial charge on any atom is 0.322 e. The number of carboxylic acid groups (broad SMARTS) is 1. The fraction of sp³-hybridized carbons (Fsp3) is 0.348. The van der Waals surface area contributed by atoms with E-state index in [4.69, 9.17) is 14.6 Å². The summed E-state index contributed by atoms with van der Waals surface area (Å²) in [5, 5.41) is 17.6. The molecule has 3 heterocycles. The Balaban J connectivity index is 1.36. The van der Waals surface area contributed by atoms with Crippen LogP contribution in [0.4, 0.5) is 16.6 Å². The Kier molecular flexibility index (Phi) is 5.88. The molecule has 172 valence electrons. The number of aliphatic carboxylic acids is 1. The molecule has 1 aromatic heterocycles. The summed E-state index contributed by atoms with van der Waals surface area (Å²) < 4.78 is 11.6. The zero-order valence-electron chi connectivity index (χ0n) is 17.9. The van der Waals surface area contributed by atoms with Gasteiger partial charge in [-0.3, -0.25) is 9.59 Å². The van der Waals surface area contributed by atoms with Crippen LogP contribution in [0.25, 0.3) is 10.8 Å². The SMILES string of the molecule is O=C(O)CNc1nc(N2CCC3(CC2)OCCO3)sc1C(=O)Nc1ccc2ccccc2c1. The molecule has 2 aromatic carbocycles. The summed E-state index contributed by atoms with van der Waals surface area (Å²) in [6.07, 6.45) is 1.42. The number of carboxylic acids is 1. The van der Waals surface area contributed by atoms with Crippen molar-refractivity contribution in [3.63, 3.8) is 0 Å². The number of carbonyl (C=O) groups excluding carboxylic acids is 1. The Labute approximate surface area is 194 Å². The first-order valence-electron chi connectivity index (χ1n) is 10.8. The number of piperidine rings is 1. The third-order valence-corrected chi connectivity index (χ3v) is 6.96. The Morgan fingerprint density at radius 2 is 1.82 bits per heavy atom. The molecule has 1 amide bonds. The lowest BCUT2D eigenvalue weighted by Gasteiger charge is -2.37. The second-order valence-corrected chi connectivity index (χ2v) is 9.01. The highest BCUT2D eigenvalue weighted by molar-refractivity contribution is 7.18. The van der Waals surface area contributed by atoms with Crippen molar-refractivity contribution in [1.82, 2.24) is 4.98 Å². The Hall–Kier alpha value is -3.21. The summed E-state index contributed by atoms with van der Waals surface area (Å²) in [5.41, 5.74) is 0.660. The van der Waals surface area contributed by atoms with Gasteiger partial charge in [-0.25, -0.2) is 4.98 Å². The Morgan fingerprint density at radius 3 is 2.55 bits per heavy atom. The molecule has 3 N–H and O–H groups in total. The van der Waals surface area contributed by atoms with E-state index in [0.717, 1.165) is 10.8 Å². The molecule has 2 saturated heterocycles. The van der Waals surface area contributed by atoms with E-state index in [0.29, 0.717) is 54.8 Å². The van der Waals surface area contributed by atoms with E-state index in [1.807, 2.05) is 42.5 Å². The van der Waals surface area contributed by atoms with Crippen molar-refractivity contribution < 1.29 is 24.2 Å². The summed E-state index contributed by atoms with van der Waals surface area (Å²) >= 11 is 1.25. The molecule has 1 spiro atoms. The molecule has 33 heavy (non-hydrogen) atoms. The molecule has 0 unspecified atom stereocenters. The highest BCUT2D eigenvalue weighted by Crippen LogP contribution is 2.37. The predicted octanol–water partition coefficient (Wildman–Crippen LogP) is 3.39. The van der Waals surface area contributed by atoms with Gasteiger partial charge in [0.1, 0.15) is 11.4 Å². The second-order valence-electron chi connectivity index (χ2n) is 8.03. The number of hydrogen-bond donors (Lipinski definition) is 3. The first-order valence-corrected chi connectivity index (χ1v) is 11.6. The van der Waals surface area contributed by atoms with Crippen LogP contribution in [0.5, 0.6) is 0 Å². The minimum absolute atomic E-state index is 0.268. The number of anilines is 3. The first kappa shape index (κ1) is 21.6. The smallest absolute Gasteiger partial charge is 0.322 e. The lowest BCUT2D eigenvalue weighted by Crippen LogP contribution is -2.45. The van der Waals surface area contributed by atoms with Gasteiger partial charge < -0.3 is 30.1 Å². The van der Waals surface area contributed by atoms with Gasteiger partial charge in [-0.2, -0.15) is 0 Å². The van der Waals surface area contributed by atoms with Crippen molar-refractivity contribution in [2.24, 2.45) is 0 Å². The molecule has 0 saturated carbocycles. The van der Waals surface area contributed by atoms with Crippen molar-refractivity contribution in [2.75, 3.05) is 48.4 Å². The Morgan fingerprint density at radius 1 is 1.09 bits per heavy atom. The minimum Gasteiger partial charge on any atom is -0.480 e. The lowest BCUT2D eigenvalue weighted by molar-refractivity contribution is -0.169. The maximum absolute atomic E-state index is 13.1. The van der Waals surface area contributed by atoms with Crippen LogP contribution in [0.3, 0.4) is 0 Å². The molecule has 0 aliphatic carbocycles. The average molecular weight is 469 g/mol. The number of hydrogen-bond acceptors (Lipinski definition) is 8. The lowest BCUT2D eigenvalue weighted by atomic mass is 10.0. The maximum atomic E-state index is 13.1. The molecule has 2 aliphatic heterocycles. The van der Waals surface area contributed by atoms with Gasteiger partial charge in [0.2, 0.25) is 0 Å². The predicted molar refractivity (Wildman–Crippen MR) is 126 cm³/mol. The van der Waals surface area contributed by atoms with Crippen molar-refractivity contribution in [3.8, 4) is 0 Å². The number of carbonyl (C=O) groups is 2. The highest BCUT2D eigenvalue weighted by Gasteiger charge is 2.40. The number of rotatable bonds is 6. The van der Waals surface area contributed by atoms with Crippen LogP contribution in [0.1, 0.15) is 22.5 Å². The monoisotopic (exact) mass is 468 g/mol. The number of nitrogens with one attached hydrogen (secondary N) is 2. The zero-order valence-corrected chi connectivity index (χ0v) is 18.7. The molecule has 10 heteroatoms. The summed E-state index contributed by atoms with van der Waals surface area (Å²) in [6.45, 7) is 2.25. The molecule has 5 rings (SSSR count). The average Bonchev–Trinajstić information content (AvgIpc) is 3.46. The first-order chi connectivity index (χ1) is 16.0. The van der Waals surface area contributed by atoms with Gasteiger partial charge in [-0.15, -0.1) is 0 Å². The van der Waals surface area contributed by atoms with Crippen LogP contribution >= 0.6 is 11.3 Å². The number of amides is 1. The normalized spacial score (nSPS) is 17.4. The van der Waals surface area contributed by atoms with Gasteiger partial charge in [-0.1, -0.05) is 41.7 Å². The number of thiazole rings is 1. The van der Waals surface area contributed by atoms with Crippen molar-refractivity contribution >= 4 is 50.6 Å². The fourth-order valence-corrected chi connectivity index (χ4v) is 5.15. The molecule has 3 aromatic rings. The van der Waals surface area contributed by atoms with E-state index < -0.39 is 11.8 Å². The van der Waals surface area contributed by atoms with Crippen LogP contribution in [0, 0.1) is 0 Å². The van der Waals surface area contributed by atoms with E-state index in [1.165, 1.54) is 11.3 Å².